The average molecular weight is 721 g/mol. The second kappa shape index (κ2) is 18.1. The molecule has 0 aliphatic carbocycles. The zero-order valence-corrected chi connectivity index (χ0v) is 30.0. The first-order valence-corrected chi connectivity index (χ1v) is 18.4. The number of carbonyl (C=O) groups is 5. The van der Waals surface area contributed by atoms with E-state index < -0.39 is 47.5 Å². The molecule has 54 heavy (non-hydrogen) atoms. The summed E-state index contributed by atoms with van der Waals surface area (Å²) in [6, 6.07) is 41.1. The molecule has 4 atom stereocenters. The van der Waals surface area contributed by atoms with Crippen molar-refractivity contribution in [3.63, 3.8) is 0 Å². The van der Waals surface area contributed by atoms with Crippen LogP contribution >= 0.6 is 0 Å². The summed E-state index contributed by atoms with van der Waals surface area (Å²) in [5.74, 6) is -4.58. The molecule has 0 radical (unpaired) electrons. The van der Waals surface area contributed by atoms with E-state index in [0.717, 1.165) is 27.8 Å². The van der Waals surface area contributed by atoms with Gasteiger partial charge in [0.25, 0.3) is 0 Å². The van der Waals surface area contributed by atoms with Crippen molar-refractivity contribution in [2.45, 2.75) is 57.0 Å². The van der Waals surface area contributed by atoms with Gasteiger partial charge in [0.1, 0.15) is 6.04 Å². The lowest BCUT2D eigenvalue weighted by Gasteiger charge is -2.26. The Morgan fingerprint density at radius 3 is 1.69 bits per heavy atom. The summed E-state index contributed by atoms with van der Waals surface area (Å²) in [6.45, 7) is 0. The first kappa shape index (κ1) is 37.6. The second-order valence-electron chi connectivity index (χ2n) is 14.0. The van der Waals surface area contributed by atoms with E-state index in [1.54, 1.807) is 24.3 Å². The molecule has 2 amide bonds. The fraction of sp³-hybridized carbons (Fsp3) is 0.239. The molecule has 8 nitrogen and oxygen atoms in total. The highest BCUT2D eigenvalue weighted by Crippen LogP contribution is 2.23. The van der Waals surface area contributed by atoms with Crippen LogP contribution in [0.15, 0.2) is 140 Å². The maximum atomic E-state index is 14.3. The van der Waals surface area contributed by atoms with E-state index >= 15 is 0 Å². The number of carbonyl (C=O) groups excluding carboxylic acids is 4. The van der Waals surface area contributed by atoms with Crippen LogP contribution < -0.4 is 10.6 Å². The van der Waals surface area contributed by atoms with Crippen molar-refractivity contribution in [2.24, 2.45) is 11.8 Å². The molecule has 5 aromatic carbocycles. The van der Waals surface area contributed by atoms with E-state index in [1.165, 1.54) is 0 Å². The van der Waals surface area contributed by atoms with Gasteiger partial charge in [-0.3, -0.25) is 24.0 Å². The van der Waals surface area contributed by atoms with Crippen LogP contribution in [-0.2, 0) is 44.9 Å². The molecule has 3 N–H and O–H groups in total. The number of Topliss-reactive ketones (excluding diaryl/α,β-unsaturated/α-hetero) is 2. The normalized spacial score (nSPS) is 19.8. The Kier molecular flexibility index (Phi) is 12.6. The zero-order chi connectivity index (χ0) is 37.9. The molecule has 0 aromatic heterocycles. The molecule has 0 saturated carbocycles. The van der Waals surface area contributed by atoms with Gasteiger partial charge in [-0.2, -0.15) is 0 Å². The molecular formula is C46H44N2O6. The van der Waals surface area contributed by atoms with Gasteiger partial charge in [-0.1, -0.05) is 140 Å². The van der Waals surface area contributed by atoms with Crippen molar-refractivity contribution in [3.05, 3.63) is 167 Å². The number of hydrogen-bond acceptors (Lipinski definition) is 5. The molecule has 0 saturated heterocycles. The number of carboxylic acid groups (broad SMARTS) is 1. The van der Waals surface area contributed by atoms with Gasteiger partial charge >= 0.3 is 5.97 Å². The number of ketones is 2. The average Bonchev–Trinajstić information content (AvgIpc) is 3.20. The van der Waals surface area contributed by atoms with Crippen LogP contribution in [0.2, 0.25) is 0 Å². The minimum Gasteiger partial charge on any atom is -0.481 e. The van der Waals surface area contributed by atoms with Crippen molar-refractivity contribution >= 4 is 29.4 Å². The molecule has 274 valence electrons. The Morgan fingerprint density at radius 2 is 1.06 bits per heavy atom. The van der Waals surface area contributed by atoms with Gasteiger partial charge in [-0.25, -0.2) is 0 Å². The highest BCUT2D eigenvalue weighted by Gasteiger charge is 2.33. The number of hydrogen-bond donors (Lipinski definition) is 3. The van der Waals surface area contributed by atoms with E-state index in [-0.39, 0.29) is 37.9 Å². The fourth-order valence-electron chi connectivity index (χ4n) is 6.96. The fourth-order valence-corrected chi connectivity index (χ4v) is 6.96. The molecule has 0 spiro atoms. The van der Waals surface area contributed by atoms with E-state index in [9.17, 15) is 29.1 Å². The van der Waals surface area contributed by atoms with E-state index in [0.29, 0.717) is 24.0 Å². The highest BCUT2D eigenvalue weighted by atomic mass is 16.4. The van der Waals surface area contributed by atoms with Gasteiger partial charge in [0.15, 0.2) is 11.6 Å². The smallest absolute Gasteiger partial charge is 0.307 e. The molecule has 8 heteroatoms. The van der Waals surface area contributed by atoms with Crippen molar-refractivity contribution in [1.29, 1.82) is 0 Å². The summed E-state index contributed by atoms with van der Waals surface area (Å²) < 4.78 is 0. The standard InChI is InChI=1S/C46H44N2O6/c49-42-29-38(25-16-31-10-4-1-5-11-31)44(51)48-41(28-34-17-21-36(22-18-34)35-14-8-3-9-15-35)45(52)47-40(27-32-12-6-2-7-13-32)43(50)30-39(46(53)54)26-33-19-23-37(42)24-20-33/h1-15,17-24,38-41H,16,25-30H2,(H,47,52)(H,48,51)(H,53,54)/t38-,39+,40+,41-/m0/s1. The van der Waals surface area contributed by atoms with Crippen molar-refractivity contribution < 1.29 is 29.1 Å². The number of aryl methyl sites for hydroxylation is 1. The number of carboxylic acids is 1. The van der Waals surface area contributed by atoms with Crippen LogP contribution in [0.5, 0.6) is 0 Å². The Hall–Kier alpha value is -6.15. The van der Waals surface area contributed by atoms with Crippen LogP contribution in [0.25, 0.3) is 11.1 Å². The van der Waals surface area contributed by atoms with Crippen molar-refractivity contribution in [2.75, 3.05) is 0 Å². The summed E-state index contributed by atoms with van der Waals surface area (Å²) >= 11 is 0. The molecular weight excluding hydrogens is 677 g/mol. The van der Waals surface area contributed by atoms with Gasteiger partial charge in [0, 0.05) is 30.7 Å². The second-order valence-corrected chi connectivity index (χ2v) is 14.0. The van der Waals surface area contributed by atoms with Crippen LogP contribution in [0.1, 0.15) is 51.9 Å². The van der Waals surface area contributed by atoms with Gasteiger partial charge in [-0.05, 0) is 59.1 Å². The van der Waals surface area contributed by atoms with Crippen LogP contribution in [0, 0.1) is 11.8 Å². The van der Waals surface area contributed by atoms with E-state index in [2.05, 4.69) is 10.6 Å². The third-order valence-corrected chi connectivity index (χ3v) is 10.1. The summed E-state index contributed by atoms with van der Waals surface area (Å²) in [7, 11) is 0. The molecule has 2 heterocycles. The minimum atomic E-state index is -1.13. The topological polar surface area (TPSA) is 130 Å². The number of benzene rings is 5. The number of nitrogens with one attached hydrogen (secondary N) is 2. The van der Waals surface area contributed by atoms with Crippen LogP contribution in [0.4, 0.5) is 0 Å². The Bertz CT molecular complexity index is 2050. The molecule has 0 fully saturated rings. The first-order valence-electron chi connectivity index (χ1n) is 18.4. The predicted molar refractivity (Wildman–Crippen MR) is 208 cm³/mol. The molecule has 2 bridgehead atoms. The maximum absolute atomic E-state index is 14.3. The SMILES string of the molecule is O=C1C[C@H](CCc2ccccc2)C(=O)N[C@@H](Cc2ccc(-c3ccccc3)cc2)C(=O)N[C@H](Cc2ccccc2)C(=O)C[C@H](C(=O)O)Cc2ccc1cc2. The summed E-state index contributed by atoms with van der Waals surface area (Å²) in [4.78, 5) is 68.7. The quantitative estimate of drug-likeness (QED) is 0.153. The maximum Gasteiger partial charge on any atom is 0.307 e. The Labute approximate surface area is 315 Å². The largest absolute Gasteiger partial charge is 0.481 e. The first-order chi connectivity index (χ1) is 26.2. The third-order valence-electron chi connectivity index (χ3n) is 10.1. The van der Waals surface area contributed by atoms with Gasteiger partial charge in [0.05, 0.1) is 12.0 Å². The predicted octanol–water partition coefficient (Wildman–Crippen LogP) is 6.85. The zero-order valence-electron chi connectivity index (χ0n) is 30.0. The number of fused-ring (bicyclic) bond motifs is 14. The monoisotopic (exact) mass is 720 g/mol. The lowest BCUT2D eigenvalue weighted by Crippen LogP contribution is -2.54. The molecule has 2 aliphatic rings. The van der Waals surface area contributed by atoms with Gasteiger partial charge in [-0.15, -0.1) is 0 Å². The van der Waals surface area contributed by atoms with Crippen molar-refractivity contribution in [3.8, 4) is 11.1 Å². The Balaban J connectivity index is 1.35. The highest BCUT2D eigenvalue weighted by molar-refractivity contribution is 5.99. The third kappa shape index (κ3) is 10.3. The summed E-state index contributed by atoms with van der Waals surface area (Å²) in [6.07, 6.45) is 0.869. The molecule has 7 rings (SSSR count). The lowest BCUT2D eigenvalue weighted by atomic mass is 9.89. The molecule has 2 aliphatic heterocycles. The van der Waals surface area contributed by atoms with Crippen molar-refractivity contribution in [1.82, 2.24) is 10.6 Å². The van der Waals surface area contributed by atoms with E-state index in [1.807, 2.05) is 115 Å². The van der Waals surface area contributed by atoms with E-state index in [4.69, 9.17) is 0 Å². The summed E-state index contributed by atoms with van der Waals surface area (Å²) in [5, 5.41) is 16.0. The lowest BCUT2D eigenvalue weighted by molar-refractivity contribution is -0.144. The van der Waals surface area contributed by atoms with Crippen LogP contribution in [0.3, 0.4) is 0 Å². The number of aliphatic carboxylic acids is 1. The minimum absolute atomic E-state index is 0.0723. The van der Waals surface area contributed by atoms with Gasteiger partial charge < -0.3 is 15.7 Å². The molecule has 5 aromatic rings. The number of rotatable bonds is 9. The summed E-state index contributed by atoms with van der Waals surface area (Å²) in [5.41, 5.74) is 5.70. The molecule has 0 unspecified atom stereocenters. The van der Waals surface area contributed by atoms with Gasteiger partial charge in [0.2, 0.25) is 11.8 Å². The van der Waals surface area contributed by atoms with Crippen LogP contribution in [-0.4, -0.2) is 46.5 Å². The number of amides is 2. The Morgan fingerprint density at radius 1 is 0.537 bits per heavy atom.